The van der Waals surface area contributed by atoms with Crippen LogP contribution in [0.5, 0.6) is 5.75 Å². The molecule has 1 aliphatic heterocycles. The molecule has 0 fully saturated rings. The van der Waals surface area contributed by atoms with Crippen LogP contribution in [-0.4, -0.2) is 24.6 Å². The van der Waals surface area contributed by atoms with Gasteiger partial charge in [-0.15, -0.1) is 13.2 Å². The number of rotatable bonds is 2. The molecule has 0 saturated carbocycles. The minimum absolute atomic E-state index is 0.639. The maximum atomic E-state index is 5.24. The second kappa shape index (κ2) is 6.45. The lowest BCUT2D eigenvalue weighted by molar-refractivity contribution is 0.203. The highest BCUT2D eigenvalue weighted by molar-refractivity contribution is 5.37. The van der Waals surface area contributed by atoms with Crippen LogP contribution in [0.2, 0.25) is 0 Å². The Labute approximate surface area is 105 Å². The number of ether oxygens (including phenoxy) is 1. The molecule has 94 valence electrons. The Morgan fingerprint density at radius 1 is 1.24 bits per heavy atom. The van der Waals surface area contributed by atoms with Crippen LogP contribution in [0, 0.1) is 0 Å². The molecule has 0 atom stereocenters. The predicted molar refractivity (Wildman–Crippen MR) is 73.5 cm³/mol. The maximum absolute atomic E-state index is 5.24. The highest BCUT2D eigenvalue weighted by atomic mass is 16.5. The number of hydrogen-bond donors (Lipinski definition) is 0. The van der Waals surface area contributed by atoms with Crippen molar-refractivity contribution in [1.82, 2.24) is 4.90 Å². The summed E-state index contributed by atoms with van der Waals surface area (Å²) in [6.45, 7) is 12.8. The average Bonchev–Trinajstić information content (AvgIpc) is 2.39. The summed E-state index contributed by atoms with van der Waals surface area (Å²) in [4.78, 5) is 2.51. The average molecular weight is 233 g/mol. The Hall–Kier alpha value is -1.28. The van der Waals surface area contributed by atoms with Crippen LogP contribution >= 0.6 is 0 Å². The summed E-state index contributed by atoms with van der Waals surface area (Å²) in [5, 5.41) is 0. The van der Waals surface area contributed by atoms with Crippen molar-refractivity contribution in [3.8, 4) is 5.75 Å². The zero-order chi connectivity index (χ0) is 12.8. The fraction of sp³-hybridized carbons (Fsp3) is 0.467. The van der Waals surface area contributed by atoms with Crippen LogP contribution in [0.4, 0.5) is 0 Å². The Morgan fingerprint density at radius 2 is 1.94 bits per heavy atom. The third-order valence-corrected chi connectivity index (χ3v) is 3.19. The molecule has 1 heterocycles. The number of nitrogens with zero attached hydrogens (tertiary/aromatic N) is 1. The molecule has 0 unspecified atom stereocenters. The fourth-order valence-electron chi connectivity index (χ4n) is 2.12. The number of fused-ring (bicyclic) bond motifs is 1. The van der Waals surface area contributed by atoms with Crippen molar-refractivity contribution in [3.63, 3.8) is 0 Å². The maximum Gasteiger partial charge on any atom is 0.119 e. The van der Waals surface area contributed by atoms with Crippen molar-refractivity contribution in [2.75, 3.05) is 13.7 Å². The van der Waals surface area contributed by atoms with Gasteiger partial charge in [0, 0.05) is 19.1 Å². The zero-order valence-corrected chi connectivity index (χ0v) is 11.2. The van der Waals surface area contributed by atoms with Crippen molar-refractivity contribution in [1.29, 1.82) is 0 Å². The summed E-state index contributed by atoms with van der Waals surface area (Å²) < 4.78 is 5.24. The van der Waals surface area contributed by atoms with Gasteiger partial charge in [-0.1, -0.05) is 6.07 Å². The highest BCUT2D eigenvalue weighted by Crippen LogP contribution is 2.24. The highest BCUT2D eigenvalue weighted by Gasteiger charge is 2.18. The second-order valence-electron chi connectivity index (χ2n) is 4.45. The first-order valence-corrected chi connectivity index (χ1v) is 6.10. The van der Waals surface area contributed by atoms with Crippen LogP contribution in [0.15, 0.2) is 31.4 Å². The molecule has 0 aliphatic carbocycles. The Kier molecular flexibility index (Phi) is 5.23. The summed E-state index contributed by atoms with van der Waals surface area (Å²) in [5.41, 5.74) is 2.90. The van der Waals surface area contributed by atoms with E-state index in [1.54, 1.807) is 7.11 Å². The molecule has 1 aromatic carbocycles. The summed E-state index contributed by atoms with van der Waals surface area (Å²) in [7, 11) is 1.73. The molecule has 2 rings (SSSR count). The Balaban J connectivity index is 0.000000686. The summed E-state index contributed by atoms with van der Waals surface area (Å²) >= 11 is 0. The van der Waals surface area contributed by atoms with E-state index >= 15 is 0 Å². The van der Waals surface area contributed by atoms with Gasteiger partial charge in [0.15, 0.2) is 0 Å². The van der Waals surface area contributed by atoms with Gasteiger partial charge in [0.05, 0.1) is 7.11 Å². The minimum Gasteiger partial charge on any atom is -0.497 e. The first kappa shape index (κ1) is 13.8. The van der Waals surface area contributed by atoms with Crippen molar-refractivity contribution >= 4 is 0 Å². The van der Waals surface area contributed by atoms with E-state index in [0.717, 1.165) is 25.3 Å². The van der Waals surface area contributed by atoms with Gasteiger partial charge in [0.2, 0.25) is 0 Å². The standard InChI is InChI=1S/C13H19NO.C2H4/c1-10(2)14-7-6-11-8-13(15-3)5-4-12(11)9-14;1-2/h4-5,8,10H,6-7,9H2,1-3H3;1-2H2. The molecule has 0 saturated heterocycles. The molecular weight excluding hydrogens is 210 g/mol. The van der Waals surface area contributed by atoms with Crippen LogP contribution in [-0.2, 0) is 13.0 Å². The van der Waals surface area contributed by atoms with Crippen molar-refractivity contribution < 1.29 is 4.74 Å². The van der Waals surface area contributed by atoms with Gasteiger partial charge in [-0.25, -0.2) is 0 Å². The largest absolute Gasteiger partial charge is 0.497 e. The SMILES string of the molecule is C=C.COc1ccc2c(c1)CCN(C(C)C)C2. The first-order chi connectivity index (χ1) is 8.20. The van der Waals surface area contributed by atoms with E-state index in [0.29, 0.717) is 6.04 Å². The van der Waals surface area contributed by atoms with E-state index in [1.165, 1.54) is 11.1 Å². The Bertz CT molecular complexity index is 360. The molecule has 17 heavy (non-hydrogen) atoms. The third-order valence-electron chi connectivity index (χ3n) is 3.19. The molecule has 1 aromatic rings. The van der Waals surface area contributed by atoms with Gasteiger partial charge in [-0.2, -0.15) is 0 Å². The smallest absolute Gasteiger partial charge is 0.119 e. The van der Waals surface area contributed by atoms with Crippen LogP contribution < -0.4 is 4.74 Å². The molecule has 0 amide bonds. The summed E-state index contributed by atoms with van der Waals surface area (Å²) in [6.07, 6.45) is 1.14. The molecule has 0 N–H and O–H groups in total. The van der Waals surface area contributed by atoms with Gasteiger partial charge < -0.3 is 4.74 Å². The minimum atomic E-state index is 0.639. The van der Waals surface area contributed by atoms with Crippen LogP contribution in [0.3, 0.4) is 0 Å². The van der Waals surface area contributed by atoms with E-state index in [1.807, 2.05) is 0 Å². The Morgan fingerprint density at radius 3 is 2.53 bits per heavy atom. The molecule has 2 nitrogen and oxygen atoms in total. The fourth-order valence-corrected chi connectivity index (χ4v) is 2.12. The van der Waals surface area contributed by atoms with E-state index in [-0.39, 0.29) is 0 Å². The zero-order valence-electron chi connectivity index (χ0n) is 11.2. The van der Waals surface area contributed by atoms with Crippen molar-refractivity contribution in [2.24, 2.45) is 0 Å². The van der Waals surface area contributed by atoms with E-state index in [9.17, 15) is 0 Å². The number of methoxy groups -OCH3 is 1. The lowest BCUT2D eigenvalue weighted by atomic mass is 9.98. The lowest BCUT2D eigenvalue weighted by Gasteiger charge is -2.32. The molecule has 0 bridgehead atoms. The molecule has 1 aliphatic rings. The van der Waals surface area contributed by atoms with E-state index < -0.39 is 0 Å². The normalized spacial score (nSPS) is 14.8. The number of benzene rings is 1. The summed E-state index contributed by atoms with van der Waals surface area (Å²) in [6, 6.07) is 7.07. The van der Waals surface area contributed by atoms with Gasteiger partial charge in [0.1, 0.15) is 5.75 Å². The molecule has 0 radical (unpaired) electrons. The van der Waals surface area contributed by atoms with Crippen molar-refractivity contribution in [3.05, 3.63) is 42.5 Å². The molecule has 0 spiro atoms. The molecule has 0 aromatic heterocycles. The molecular formula is C15H23NO. The number of hydrogen-bond acceptors (Lipinski definition) is 2. The van der Waals surface area contributed by atoms with Crippen LogP contribution in [0.1, 0.15) is 25.0 Å². The topological polar surface area (TPSA) is 12.5 Å². The van der Waals surface area contributed by atoms with Gasteiger partial charge in [0.25, 0.3) is 0 Å². The summed E-state index contributed by atoms with van der Waals surface area (Å²) in [5.74, 6) is 0.978. The third kappa shape index (κ3) is 3.34. The predicted octanol–water partition coefficient (Wildman–Crippen LogP) is 3.26. The van der Waals surface area contributed by atoms with Crippen molar-refractivity contribution in [2.45, 2.75) is 32.9 Å². The molecule has 2 heteroatoms. The van der Waals surface area contributed by atoms with Gasteiger partial charge in [-0.3, -0.25) is 4.90 Å². The lowest BCUT2D eigenvalue weighted by Crippen LogP contribution is -2.35. The van der Waals surface area contributed by atoms with Gasteiger partial charge in [-0.05, 0) is 43.5 Å². The quantitative estimate of drug-likeness (QED) is 0.727. The first-order valence-electron chi connectivity index (χ1n) is 6.10. The van der Waals surface area contributed by atoms with E-state index in [4.69, 9.17) is 4.74 Å². The monoisotopic (exact) mass is 233 g/mol. The van der Waals surface area contributed by atoms with Crippen LogP contribution in [0.25, 0.3) is 0 Å². The van der Waals surface area contributed by atoms with Gasteiger partial charge >= 0.3 is 0 Å². The second-order valence-corrected chi connectivity index (χ2v) is 4.45. The van der Waals surface area contributed by atoms with E-state index in [2.05, 4.69) is 50.1 Å².